The van der Waals surface area contributed by atoms with Gasteiger partial charge in [-0.1, -0.05) is 30.3 Å². The fourth-order valence-electron chi connectivity index (χ4n) is 2.49. The van der Waals surface area contributed by atoms with Crippen molar-refractivity contribution in [2.45, 2.75) is 13.5 Å². The molecule has 0 atom stereocenters. The van der Waals surface area contributed by atoms with Crippen molar-refractivity contribution in [2.24, 2.45) is 5.73 Å². The lowest BCUT2D eigenvalue weighted by Gasteiger charge is -2.11. The first-order chi connectivity index (χ1) is 11.0. The molecule has 2 aromatic carbocycles. The Labute approximate surface area is 133 Å². The van der Waals surface area contributed by atoms with Gasteiger partial charge in [0.05, 0.1) is 17.0 Å². The summed E-state index contributed by atoms with van der Waals surface area (Å²) < 4.78 is 5.75. The summed E-state index contributed by atoms with van der Waals surface area (Å²) in [7, 11) is 0. The molecule has 0 saturated heterocycles. The van der Waals surface area contributed by atoms with Gasteiger partial charge in [-0.15, -0.1) is 0 Å². The summed E-state index contributed by atoms with van der Waals surface area (Å²) in [6.07, 6.45) is 0. The Balaban J connectivity index is 1.88. The molecule has 0 radical (unpaired) electrons. The lowest BCUT2D eigenvalue weighted by molar-refractivity contribution is 0.0996. The second-order valence-electron chi connectivity index (χ2n) is 5.15. The van der Waals surface area contributed by atoms with Crippen LogP contribution < -0.4 is 16.2 Å². The second kappa shape index (κ2) is 5.92. The van der Waals surface area contributed by atoms with Crippen molar-refractivity contribution in [3.63, 3.8) is 0 Å². The smallest absolute Gasteiger partial charge is 0.252 e. The van der Waals surface area contributed by atoms with E-state index in [9.17, 15) is 4.79 Å². The molecule has 0 aliphatic rings. The predicted octanol–water partition coefficient (Wildman–Crippen LogP) is 2.20. The summed E-state index contributed by atoms with van der Waals surface area (Å²) in [5.41, 5.74) is 12.1. The van der Waals surface area contributed by atoms with Crippen LogP contribution in [-0.2, 0) is 6.61 Å². The molecule has 1 heterocycles. The molecule has 1 aromatic heterocycles. The molecule has 1 amide bonds. The maximum Gasteiger partial charge on any atom is 0.252 e. The van der Waals surface area contributed by atoms with E-state index >= 15 is 0 Å². The highest BCUT2D eigenvalue weighted by Crippen LogP contribution is 2.22. The molecular formula is C17H16N4O2. The van der Waals surface area contributed by atoms with Crippen LogP contribution in [0.4, 0.5) is 5.95 Å². The minimum atomic E-state index is -0.598. The van der Waals surface area contributed by atoms with E-state index in [1.165, 1.54) is 0 Å². The molecule has 23 heavy (non-hydrogen) atoms. The molecular weight excluding hydrogens is 292 g/mol. The molecule has 6 nitrogen and oxygen atoms in total. The van der Waals surface area contributed by atoms with Crippen LogP contribution in [0.3, 0.4) is 0 Å². The molecule has 0 fully saturated rings. The van der Waals surface area contributed by atoms with Crippen LogP contribution in [0.1, 0.15) is 21.7 Å². The van der Waals surface area contributed by atoms with Gasteiger partial charge < -0.3 is 16.2 Å². The zero-order chi connectivity index (χ0) is 16.4. The van der Waals surface area contributed by atoms with Crippen LogP contribution >= 0.6 is 0 Å². The highest BCUT2D eigenvalue weighted by molar-refractivity contribution is 5.95. The van der Waals surface area contributed by atoms with Crippen molar-refractivity contribution >= 4 is 22.6 Å². The van der Waals surface area contributed by atoms with Gasteiger partial charge in [0.15, 0.2) is 0 Å². The largest absolute Gasteiger partial charge is 0.487 e. The van der Waals surface area contributed by atoms with Gasteiger partial charge in [-0.25, -0.2) is 9.97 Å². The summed E-state index contributed by atoms with van der Waals surface area (Å²) in [6, 6.07) is 13.7. The minimum Gasteiger partial charge on any atom is -0.487 e. The zero-order valence-corrected chi connectivity index (χ0v) is 12.6. The van der Waals surface area contributed by atoms with E-state index in [0.717, 1.165) is 10.8 Å². The summed E-state index contributed by atoms with van der Waals surface area (Å²) in [5, 5.41) is 2.19. The number of ether oxygens (including phenoxy) is 1. The number of anilines is 1. The van der Waals surface area contributed by atoms with E-state index in [1.807, 2.05) is 42.5 Å². The Morgan fingerprint density at radius 3 is 2.61 bits per heavy atom. The Kier molecular flexibility index (Phi) is 3.80. The van der Waals surface area contributed by atoms with Crippen LogP contribution in [0.15, 0.2) is 42.5 Å². The SMILES string of the molecule is Cc1nc(N)nc(COc2ccc3ccccc3c2)c1C(N)=O. The predicted molar refractivity (Wildman–Crippen MR) is 88.0 cm³/mol. The van der Waals surface area contributed by atoms with E-state index in [1.54, 1.807) is 6.92 Å². The van der Waals surface area contributed by atoms with Gasteiger partial charge in [0, 0.05) is 0 Å². The molecule has 0 spiro atoms. The maximum atomic E-state index is 11.6. The number of amides is 1. The molecule has 0 saturated carbocycles. The number of nitrogen functional groups attached to an aromatic ring is 1. The first-order valence-corrected chi connectivity index (χ1v) is 7.09. The second-order valence-corrected chi connectivity index (χ2v) is 5.15. The maximum absolute atomic E-state index is 11.6. The van der Waals surface area contributed by atoms with E-state index < -0.39 is 5.91 Å². The van der Waals surface area contributed by atoms with Crippen molar-refractivity contribution in [3.8, 4) is 5.75 Å². The summed E-state index contributed by atoms with van der Waals surface area (Å²) in [5.74, 6) is 0.165. The molecule has 0 aliphatic carbocycles. The molecule has 3 aromatic rings. The normalized spacial score (nSPS) is 10.7. The third-order valence-corrected chi connectivity index (χ3v) is 3.53. The van der Waals surface area contributed by atoms with E-state index in [4.69, 9.17) is 16.2 Å². The van der Waals surface area contributed by atoms with E-state index in [2.05, 4.69) is 9.97 Å². The number of nitrogens with two attached hydrogens (primary N) is 2. The lowest BCUT2D eigenvalue weighted by atomic mass is 10.1. The number of aromatic nitrogens is 2. The quantitative estimate of drug-likeness (QED) is 0.769. The van der Waals surface area contributed by atoms with Crippen LogP contribution in [-0.4, -0.2) is 15.9 Å². The average molecular weight is 308 g/mol. The van der Waals surface area contributed by atoms with Crippen molar-refractivity contribution in [1.29, 1.82) is 0 Å². The highest BCUT2D eigenvalue weighted by Gasteiger charge is 2.16. The van der Waals surface area contributed by atoms with Crippen LogP contribution in [0.2, 0.25) is 0 Å². The fourth-order valence-corrected chi connectivity index (χ4v) is 2.49. The third kappa shape index (κ3) is 3.06. The number of carbonyl (C=O) groups is 1. The van der Waals surface area contributed by atoms with Crippen molar-refractivity contribution in [1.82, 2.24) is 9.97 Å². The number of hydrogen-bond acceptors (Lipinski definition) is 5. The molecule has 116 valence electrons. The van der Waals surface area contributed by atoms with Gasteiger partial charge in [0.1, 0.15) is 12.4 Å². The van der Waals surface area contributed by atoms with Crippen LogP contribution in [0, 0.1) is 6.92 Å². The lowest BCUT2D eigenvalue weighted by Crippen LogP contribution is -2.20. The van der Waals surface area contributed by atoms with Gasteiger partial charge in [-0.2, -0.15) is 0 Å². The molecule has 6 heteroatoms. The zero-order valence-electron chi connectivity index (χ0n) is 12.6. The third-order valence-electron chi connectivity index (χ3n) is 3.53. The van der Waals surface area contributed by atoms with Gasteiger partial charge in [-0.05, 0) is 29.8 Å². The van der Waals surface area contributed by atoms with Gasteiger partial charge in [-0.3, -0.25) is 4.79 Å². The van der Waals surface area contributed by atoms with Gasteiger partial charge in [0.2, 0.25) is 5.95 Å². The van der Waals surface area contributed by atoms with Crippen LogP contribution in [0.5, 0.6) is 5.75 Å². The number of fused-ring (bicyclic) bond motifs is 1. The number of benzene rings is 2. The number of carbonyl (C=O) groups excluding carboxylic acids is 1. The van der Waals surface area contributed by atoms with Crippen molar-refractivity contribution in [3.05, 3.63) is 59.4 Å². The fraction of sp³-hybridized carbons (Fsp3) is 0.118. The standard InChI is InChI=1S/C17H16N4O2/c1-10-15(16(18)22)14(21-17(19)20-10)9-23-13-7-6-11-4-2-3-5-12(11)8-13/h2-8H,9H2,1H3,(H2,18,22)(H2,19,20,21). The monoisotopic (exact) mass is 308 g/mol. The number of primary amides is 1. The molecule has 4 N–H and O–H groups in total. The van der Waals surface area contributed by atoms with Crippen LogP contribution in [0.25, 0.3) is 10.8 Å². The Hall–Kier alpha value is -3.15. The summed E-state index contributed by atoms with van der Waals surface area (Å²) in [4.78, 5) is 19.6. The highest BCUT2D eigenvalue weighted by atomic mass is 16.5. The number of aryl methyl sites for hydroxylation is 1. The Morgan fingerprint density at radius 1 is 1.13 bits per heavy atom. The molecule has 0 aliphatic heterocycles. The van der Waals surface area contributed by atoms with E-state index in [-0.39, 0.29) is 18.1 Å². The van der Waals surface area contributed by atoms with Crippen molar-refractivity contribution in [2.75, 3.05) is 5.73 Å². The Morgan fingerprint density at radius 2 is 1.87 bits per heavy atom. The number of hydrogen-bond donors (Lipinski definition) is 2. The first-order valence-electron chi connectivity index (χ1n) is 7.09. The Bertz CT molecular complexity index is 893. The number of rotatable bonds is 4. The first kappa shape index (κ1) is 14.8. The number of nitrogens with zero attached hydrogens (tertiary/aromatic N) is 2. The van der Waals surface area contributed by atoms with Gasteiger partial charge >= 0.3 is 0 Å². The molecule has 3 rings (SSSR count). The minimum absolute atomic E-state index is 0.0875. The topological polar surface area (TPSA) is 104 Å². The molecule has 0 unspecified atom stereocenters. The van der Waals surface area contributed by atoms with Crippen molar-refractivity contribution < 1.29 is 9.53 Å². The van der Waals surface area contributed by atoms with E-state index in [0.29, 0.717) is 17.1 Å². The summed E-state index contributed by atoms with van der Waals surface area (Å²) in [6.45, 7) is 1.75. The van der Waals surface area contributed by atoms with Gasteiger partial charge in [0.25, 0.3) is 5.91 Å². The molecule has 0 bridgehead atoms. The summed E-state index contributed by atoms with van der Waals surface area (Å²) >= 11 is 0. The average Bonchev–Trinajstić information content (AvgIpc) is 2.51.